The molecule has 0 aromatic carbocycles. The van der Waals surface area contributed by atoms with Crippen molar-refractivity contribution in [3.63, 3.8) is 0 Å². The Hall–Kier alpha value is -0.980. The molecule has 1 saturated heterocycles. The van der Waals surface area contributed by atoms with Gasteiger partial charge in [-0.2, -0.15) is 13.2 Å². The molecule has 0 spiro atoms. The van der Waals surface area contributed by atoms with Crippen LogP contribution >= 0.6 is 0 Å². The fraction of sp³-hybridized carbons (Fsp3) is 0.857. The van der Waals surface area contributed by atoms with E-state index < -0.39 is 18.2 Å². The van der Waals surface area contributed by atoms with Crippen LogP contribution in [0.25, 0.3) is 0 Å². The van der Waals surface area contributed by atoms with Crippen LogP contribution < -0.4 is 10.6 Å². The van der Waals surface area contributed by atoms with Crippen molar-refractivity contribution in [2.45, 2.75) is 12.2 Å². The lowest BCUT2D eigenvalue weighted by atomic mass is 10.2. The Bertz CT molecular complexity index is 219. The standard InChI is InChI=1S/C7H12F3N3O/c1-11-6(14)13-3-2-12-5(4-13)7(8,9)10/h5,12H,2-4H2,1H3,(H,11,14). The Labute approximate surface area is 79.4 Å². The maximum Gasteiger partial charge on any atom is 0.405 e. The number of carbonyl (C=O) groups excluding carboxylic acids is 1. The Balaban J connectivity index is 2.56. The Morgan fingerprint density at radius 2 is 2.21 bits per heavy atom. The Morgan fingerprint density at radius 1 is 1.57 bits per heavy atom. The van der Waals surface area contributed by atoms with E-state index in [0.29, 0.717) is 6.54 Å². The topological polar surface area (TPSA) is 44.4 Å². The van der Waals surface area contributed by atoms with Gasteiger partial charge in [0.2, 0.25) is 0 Å². The highest BCUT2D eigenvalue weighted by atomic mass is 19.4. The molecule has 7 heteroatoms. The number of piperazine rings is 1. The predicted molar refractivity (Wildman–Crippen MR) is 43.9 cm³/mol. The summed E-state index contributed by atoms with van der Waals surface area (Å²) in [4.78, 5) is 12.2. The molecule has 0 radical (unpaired) electrons. The van der Waals surface area contributed by atoms with Crippen LogP contribution in [0.4, 0.5) is 18.0 Å². The zero-order chi connectivity index (χ0) is 10.8. The van der Waals surface area contributed by atoms with Gasteiger partial charge in [-0.1, -0.05) is 0 Å². The van der Waals surface area contributed by atoms with Crippen LogP contribution in [0.5, 0.6) is 0 Å². The van der Waals surface area contributed by atoms with E-state index in [1.54, 1.807) is 0 Å². The molecule has 1 atom stereocenters. The number of amides is 2. The molecule has 0 aromatic rings. The lowest BCUT2D eigenvalue weighted by Gasteiger charge is -2.34. The van der Waals surface area contributed by atoms with Crippen molar-refractivity contribution in [3.05, 3.63) is 0 Å². The first kappa shape index (κ1) is 11.1. The van der Waals surface area contributed by atoms with Crippen LogP contribution in [0.15, 0.2) is 0 Å². The summed E-state index contributed by atoms with van der Waals surface area (Å²) in [5.41, 5.74) is 0. The van der Waals surface area contributed by atoms with E-state index >= 15 is 0 Å². The normalized spacial score (nSPS) is 23.4. The minimum Gasteiger partial charge on any atom is -0.341 e. The molecule has 14 heavy (non-hydrogen) atoms. The average molecular weight is 211 g/mol. The summed E-state index contributed by atoms with van der Waals surface area (Å²) in [6, 6.07) is -2.09. The molecule has 1 aliphatic heterocycles. The Morgan fingerprint density at radius 3 is 2.71 bits per heavy atom. The lowest BCUT2D eigenvalue weighted by Crippen LogP contribution is -2.59. The molecule has 1 aliphatic rings. The third-order valence-electron chi connectivity index (χ3n) is 2.07. The number of nitrogens with zero attached hydrogens (tertiary/aromatic N) is 1. The van der Waals surface area contributed by atoms with E-state index in [0.717, 1.165) is 4.90 Å². The van der Waals surface area contributed by atoms with Gasteiger partial charge in [-0.15, -0.1) is 0 Å². The molecule has 0 aliphatic carbocycles. The number of alkyl halides is 3. The first-order valence-electron chi connectivity index (χ1n) is 4.22. The highest BCUT2D eigenvalue weighted by Gasteiger charge is 2.42. The number of hydrogen-bond acceptors (Lipinski definition) is 2. The van der Waals surface area contributed by atoms with Crippen LogP contribution in [-0.4, -0.2) is 49.8 Å². The fourth-order valence-corrected chi connectivity index (χ4v) is 1.31. The Kier molecular flexibility index (Phi) is 3.20. The summed E-state index contributed by atoms with van der Waals surface area (Å²) in [5, 5.41) is 4.62. The summed E-state index contributed by atoms with van der Waals surface area (Å²) < 4.78 is 36.8. The number of carbonyl (C=O) groups is 1. The van der Waals surface area contributed by atoms with Crippen LogP contribution in [0.1, 0.15) is 0 Å². The number of hydrogen-bond donors (Lipinski definition) is 2. The van der Waals surface area contributed by atoms with Crippen LogP contribution in [0.2, 0.25) is 0 Å². The van der Waals surface area contributed by atoms with Crippen molar-refractivity contribution >= 4 is 6.03 Å². The smallest absolute Gasteiger partial charge is 0.341 e. The van der Waals surface area contributed by atoms with Gasteiger partial charge < -0.3 is 15.5 Å². The molecular formula is C7H12F3N3O. The molecule has 1 rings (SSSR count). The van der Waals surface area contributed by atoms with Gasteiger partial charge in [0.25, 0.3) is 0 Å². The van der Waals surface area contributed by atoms with Gasteiger partial charge in [-0.3, -0.25) is 0 Å². The lowest BCUT2D eigenvalue weighted by molar-refractivity contribution is -0.162. The van der Waals surface area contributed by atoms with Crippen molar-refractivity contribution in [1.29, 1.82) is 0 Å². The van der Waals surface area contributed by atoms with Crippen molar-refractivity contribution in [1.82, 2.24) is 15.5 Å². The van der Waals surface area contributed by atoms with Gasteiger partial charge in [0.05, 0.1) is 0 Å². The highest BCUT2D eigenvalue weighted by Crippen LogP contribution is 2.22. The van der Waals surface area contributed by atoms with E-state index in [-0.39, 0.29) is 13.1 Å². The number of urea groups is 1. The quantitative estimate of drug-likeness (QED) is 0.599. The molecule has 0 bridgehead atoms. The number of halogens is 3. The van der Waals surface area contributed by atoms with Crippen LogP contribution in [0, 0.1) is 0 Å². The van der Waals surface area contributed by atoms with E-state index in [4.69, 9.17) is 0 Å². The van der Waals surface area contributed by atoms with Crippen molar-refractivity contribution in [2.75, 3.05) is 26.7 Å². The van der Waals surface area contributed by atoms with E-state index in [1.165, 1.54) is 7.05 Å². The SMILES string of the molecule is CNC(=O)N1CCNC(C(F)(F)F)C1. The molecular weight excluding hydrogens is 199 g/mol. The van der Waals surface area contributed by atoms with Gasteiger partial charge >= 0.3 is 12.2 Å². The summed E-state index contributed by atoms with van der Waals surface area (Å²) >= 11 is 0. The second kappa shape index (κ2) is 4.04. The summed E-state index contributed by atoms with van der Waals surface area (Å²) in [6.07, 6.45) is -4.30. The predicted octanol–water partition coefficient (Wildman–Crippen LogP) is 0.162. The molecule has 2 N–H and O–H groups in total. The minimum absolute atomic E-state index is 0.164. The number of nitrogens with one attached hydrogen (secondary N) is 2. The minimum atomic E-state index is -4.30. The molecule has 1 unspecified atom stereocenters. The van der Waals surface area contributed by atoms with Crippen molar-refractivity contribution in [2.24, 2.45) is 0 Å². The zero-order valence-electron chi connectivity index (χ0n) is 7.69. The first-order valence-corrected chi connectivity index (χ1v) is 4.22. The molecule has 0 aromatic heterocycles. The molecule has 82 valence electrons. The van der Waals surface area contributed by atoms with Crippen LogP contribution in [0.3, 0.4) is 0 Å². The van der Waals surface area contributed by atoms with E-state index in [1.807, 2.05) is 0 Å². The summed E-state index contributed by atoms with van der Waals surface area (Å²) in [5.74, 6) is 0. The van der Waals surface area contributed by atoms with Gasteiger partial charge in [-0.25, -0.2) is 4.79 Å². The number of rotatable bonds is 0. The molecule has 0 saturated carbocycles. The monoisotopic (exact) mass is 211 g/mol. The van der Waals surface area contributed by atoms with Crippen molar-refractivity contribution < 1.29 is 18.0 Å². The van der Waals surface area contributed by atoms with Gasteiger partial charge in [0.1, 0.15) is 6.04 Å². The highest BCUT2D eigenvalue weighted by molar-refractivity contribution is 5.73. The summed E-state index contributed by atoms with van der Waals surface area (Å²) in [7, 11) is 1.40. The van der Waals surface area contributed by atoms with Crippen LogP contribution in [-0.2, 0) is 0 Å². The van der Waals surface area contributed by atoms with Gasteiger partial charge in [-0.05, 0) is 0 Å². The summed E-state index contributed by atoms with van der Waals surface area (Å²) in [6.45, 7) is 0.132. The average Bonchev–Trinajstić information content (AvgIpc) is 2.15. The molecule has 2 amide bonds. The maximum atomic E-state index is 12.3. The maximum absolute atomic E-state index is 12.3. The van der Waals surface area contributed by atoms with Crippen molar-refractivity contribution in [3.8, 4) is 0 Å². The fourth-order valence-electron chi connectivity index (χ4n) is 1.31. The third-order valence-corrected chi connectivity index (χ3v) is 2.07. The van der Waals surface area contributed by atoms with Gasteiger partial charge in [0, 0.05) is 26.7 Å². The van der Waals surface area contributed by atoms with Gasteiger partial charge in [0.15, 0.2) is 0 Å². The van der Waals surface area contributed by atoms with E-state index in [9.17, 15) is 18.0 Å². The largest absolute Gasteiger partial charge is 0.405 e. The molecule has 1 heterocycles. The zero-order valence-corrected chi connectivity index (χ0v) is 7.69. The molecule has 1 fully saturated rings. The second-order valence-corrected chi connectivity index (χ2v) is 3.05. The van der Waals surface area contributed by atoms with E-state index in [2.05, 4.69) is 10.6 Å². The molecule has 4 nitrogen and oxygen atoms in total. The second-order valence-electron chi connectivity index (χ2n) is 3.05. The third kappa shape index (κ3) is 2.50. The first-order chi connectivity index (χ1) is 6.45.